The summed E-state index contributed by atoms with van der Waals surface area (Å²) in [5.41, 5.74) is 8.58. The summed E-state index contributed by atoms with van der Waals surface area (Å²) in [5, 5.41) is 1.76. The maximum absolute atomic E-state index is 6.00. The van der Waals surface area contributed by atoms with Crippen LogP contribution in [-0.2, 0) is 6.54 Å². The van der Waals surface area contributed by atoms with Crippen molar-refractivity contribution in [3.05, 3.63) is 57.0 Å². The third kappa shape index (κ3) is 3.47. The van der Waals surface area contributed by atoms with Gasteiger partial charge in [0.25, 0.3) is 0 Å². The van der Waals surface area contributed by atoms with Gasteiger partial charge < -0.3 is 10.6 Å². The molecule has 0 aliphatic carbocycles. The van der Waals surface area contributed by atoms with Gasteiger partial charge in [-0.1, -0.05) is 40.9 Å². The van der Waals surface area contributed by atoms with Crippen LogP contribution >= 0.6 is 34.8 Å². The molecule has 0 unspecified atom stereocenters. The van der Waals surface area contributed by atoms with Gasteiger partial charge in [-0.15, -0.1) is 0 Å². The average molecular weight is 316 g/mol. The SMILES string of the molecule is CN(Cc1ccc(Cl)c(Cl)c1)c1cc(Cl)ccc1N. The summed E-state index contributed by atoms with van der Waals surface area (Å²) in [4.78, 5) is 2.01. The molecule has 0 saturated heterocycles. The molecule has 0 aliphatic rings. The van der Waals surface area contributed by atoms with E-state index >= 15 is 0 Å². The van der Waals surface area contributed by atoms with Gasteiger partial charge in [0, 0.05) is 18.6 Å². The van der Waals surface area contributed by atoms with Gasteiger partial charge >= 0.3 is 0 Å². The minimum atomic E-state index is 0.548. The lowest BCUT2D eigenvalue weighted by molar-refractivity contribution is 0.925. The van der Waals surface area contributed by atoms with Gasteiger partial charge in [-0.3, -0.25) is 0 Å². The van der Waals surface area contributed by atoms with E-state index in [1.807, 2.05) is 30.1 Å². The van der Waals surface area contributed by atoms with Crippen LogP contribution in [0.5, 0.6) is 0 Å². The first kappa shape index (κ1) is 14.3. The summed E-state index contributed by atoms with van der Waals surface area (Å²) >= 11 is 17.9. The van der Waals surface area contributed by atoms with E-state index in [0.717, 1.165) is 11.3 Å². The van der Waals surface area contributed by atoms with Crippen LogP contribution in [0.2, 0.25) is 15.1 Å². The Bertz CT molecular complexity index is 599. The highest BCUT2D eigenvalue weighted by molar-refractivity contribution is 6.42. The molecule has 2 N–H and O–H groups in total. The number of nitrogens with two attached hydrogens (primary N) is 1. The van der Waals surface area contributed by atoms with Gasteiger partial charge in [0.2, 0.25) is 0 Å². The molecule has 2 rings (SSSR count). The van der Waals surface area contributed by atoms with Crippen molar-refractivity contribution in [1.29, 1.82) is 0 Å². The molecular formula is C14H13Cl3N2. The number of benzene rings is 2. The molecule has 0 aromatic heterocycles. The zero-order valence-electron chi connectivity index (χ0n) is 10.3. The van der Waals surface area contributed by atoms with Crippen molar-refractivity contribution in [2.24, 2.45) is 0 Å². The molecule has 0 heterocycles. The van der Waals surface area contributed by atoms with E-state index in [9.17, 15) is 0 Å². The van der Waals surface area contributed by atoms with Crippen molar-refractivity contribution in [2.45, 2.75) is 6.54 Å². The molecule has 0 amide bonds. The van der Waals surface area contributed by atoms with Gasteiger partial charge in [-0.05, 0) is 35.9 Å². The fourth-order valence-electron chi connectivity index (χ4n) is 1.84. The highest BCUT2D eigenvalue weighted by atomic mass is 35.5. The Balaban J connectivity index is 2.22. The lowest BCUT2D eigenvalue weighted by Crippen LogP contribution is -2.17. The molecule has 2 nitrogen and oxygen atoms in total. The van der Waals surface area contributed by atoms with Gasteiger partial charge in [0.1, 0.15) is 0 Å². The Labute approximate surface area is 127 Å². The largest absolute Gasteiger partial charge is 0.397 e. The van der Waals surface area contributed by atoms with Crippen LogP contribution in [0.25, 0.3) is 0 Å². The summed E-state index contributed by atoms with van der Waals surface area (Å²) < 4.78 is 0. The van der Waals surface area contributed by atoms with Crippen molar-refractivity contribution in [2.75, 3.05) is 17.7 Å². The van der Waals surface area contributed by atoms with E-state index in [2.05, 4.69) is 0 Å². The number of nitrogen functional groups attached to an aromatic ring is 1. The first-order valence-electron chi connectivity index (χ1n) is 5.67. The predicted molar refractivity (Wildman–Crippen MR) is 84.4 cm³/mol. The maximum Gasteiger partial charge on any atom is 0.0615 e. The topological polar surface area (TPSA) is 29.3 Å². The number of hydrogen-bond acceptors (Lipinski definition) is 2. The molecule has 0 atom stereocenters. The summed E-state index contributed by atoms with van der Waals surface area (Å²) in [7, 11) is 1.95. The maximum atomic E-state index is 6.00. The van der Waals surface area contributed by atoms with Crippen molar-refractivity contribution in [3.8, 4) is 0 Å². The Morgan fingerprint density at radius 1 is 1.00 bits per heavy atom. The lowest BCUT2D eigenvalue weighted by atomic mass is 10.2. The molecule has 0 bridgehead atoms. The smallest absolute Gasteiger partial charge is 0.0615 e. The molecule has 2 aromatic rings. The molecule has 0 saturated carbocycles. The minimum absolute atomic E-state index is 0.548. The highest BCUT2D eigenvalue weighted by Crippen LogP contribution is 2.28. The van der Waals surface area contributed by atoms with Crippen LogP contribution in [0, 0.1) is 0 Å². The number of anilines is 2. The van der Waals surface area contributed by atoms with Crippen molar-refractivity contribution in [3.63, 3.8) is 0 Å². The van der Waals surface area contributed by atoms with Crippen LogP contribution in [0.3, 0.4) is 0 Å². The molecule has 2 aromatic carbocycles. The monoisotopic (exact) mass is 314 g/mol. The number of hydrogen-bond donors (Lipinski definition) is 1. The molecule has 0 radical (unpaired) electrons. The van der Waals surface area contributed by atoms with Gasteiger partial charge in [0.05, 0.1) is 21.4 Å². The average Bonchev–Trinajstić information content (AvgIpc) is 2.36. The molecule has 5 heteroatoms. The predicted octanol–water partition coefficient (Wildman–Crippen LogP) is 4.87. The zero-order chi connectivity index (χ0) is 14.0. The molecule has 0 aliphatic heterocycles. The second kappa shape index (κ2) is 5.91. The fourth-order valence-corrected chi connectivity index (χ4v) is 2.33. The van der Waals surface area contributed by atoms with E-state index in [-0.39, 0.29) is 0 Å². The van der Waals surface area contributed by atoms with E-state index in [4.69, 9.17) is 40.5 Å². The summed E-state index contributed by atoms with van der Waals surface area (Å²) in [6, 6.07) is 11.0. The van der Waals surface area contributed by atoms with E-state index in [1.54, 1.807) is 18.2 Å². The van der Waals surface area contributed by atoms with Crippen LogP contribution in [0.15, 0.2) is 36.4 Å². The first-order chi connectivity index (χ1) is 8.97. The summed E-state index contributed by atoms with van der Waals surface area (Å²) in [6.07, 6.45) is 0. The molecule has 100 valence electrons. The second-order valence-electron chi connectivity index (χ2n) is 4.31. The summed E-state index contributed by atoms with van der Waals surface area (Å²) in [6.45, 7) is 0.668. The van der Waals surface area contributed by atoms with E-state index in [1.165, 1.54) is 0 Å². The molecule has 19 heavy (non-hydrogen) atoms. The lowest BCUT2D eigenvalue weighted by Gasteiger charge is -2.21. The van der Waals surface area contributed by atoms with Crippen LogP contribution in [0.4, 0.5) is 11.4 Å². The van der Waals surface area contributed by atoms with Crippen LogP contribution in [0.1, 0.15) is 5.56 Å². The van der Waals surface area contributed by atoms with E-state index < -0.39 is 0 Å². The number of nitrogens with zero attached hydrogens (tertiary/aromatic N) is 1. The number of halogens is 3. The Kier molecular flexibility index (Phi) is 4.46. The van der Waals surface area contributed by atoms with Gasteiger partial charge in [-0.2, -0.15) is 0 Å². The normalized spacial score (nSPS) is 10.5. The quantitative estimate of drug-likeness (QED) is 0.819. The fraction of sp³-hybridized carbons (Fsp3) is 0.143. The third-order valence-electron chi connectivity index (χ3n) is 2.81. The molecular weight excluding hydrogens is 303 g/mol. The highest BCUT2D eigenvalue weighted by Gasteiger charge is 2.08. The Morgan fingerprint density at radius 2 is 1.74 bits per heavy atom. The van der Waals surface area contributed by atoms with Crippen LogP contribution < -0.4 is 10.6 Å². The minimum Gasteiger partial charge on any atom is -0.397 e. The van der Waals surface area contributed by atoms with Crippen molar-refractivity contribution in [1.82, 2.24) is 0 Å². The zero-order valence-corrected chi connectivity index (χ0v) is 12.6. The van der Waals surface area contributed by atoms with Crippen molar-refractivity contribution >= 4 is 46.2 Å². The molecule has 0 fully saturated rings. The molecule has 0 spiro atoms. The van der Waals surface area contributed by atoms with Gasteiger partial charge in [-0.25, -0.2) is 0 Å². The third-order valence-corrected chi connectivity index (χ3v) is 3.78. The van der Waals surface area contributed by atoms with Gasteiger partial charge in [0.15, 0.2) is 0 Å². The van der Waals surface area contributed by atoms with Crippen molar-refractivity contribution < 1.29 is 0 Å². The Morgan fingerprint density at radius 3 is 2.42 bits per heavy atom. The van der Waals surface area contributed by atoms with Crippen LogP contribution in [-0.4, -0.2) is 7.05 Å². The standard InChI is InChI=1S/C14H13Cl3N2/c1-19(14-7-10(15)3-5-13(14)18)8-9-2-4-11(16)12(17)6-9/h2-7H,8,18H2,1H3. The first-order valence-corrected chi connectivity index (χ1v) is 6.81. The summed E-state index contributed by atoms with van der Waals surface area (Å²) in [5.74, 6) is 0. The number of rotatable bonds is 3. The van der Waals surface area contributed by atoms with E-state index in [0.29, 0.717) is 27.3 Å². The second-order valence-corrected chi connectivity index (χ2v) is 5.56. The Hall–Kier alpha value is -1.09.